The Labute approximate surface area is 155 Å². The highest BCUT2D eigenvalue weighted by Crippen LogP contribution is 2.43. The predicted octanol–water partition coefficient (Wildman–Crippen LogP) is 1.56. The van der Waals surface area contributed by atoms with Crippen LogP contribution in [-0.4, -0.2) is 46.4 Å². The molecule has 1 saturated heterocycles. The lowest BCUT2D eigenvalue weighted by Gasteiger charge is -2.45. The number of nitrogens with zero attached hydrogens (tertiary/aromatic N) is 2. The topological polar surface area (TPSA) is 105 Å². The lowest BCUT2D eigenvalue weighted by atomic mass is 9.98. The molecule has 8 heteroatoms. The maximum atomic E-state index is 12.9. The van der Waals surface area contributed by atoms with Gasteiger partial charge in [0.1, 0.15) is 5.70 Å². The van der Waals surface area contributed by atoms with Crippen LogP contribution in [0.5, 0.6) is 0 Å². The third kappa shape index (κ3) is 2.74. The molecular formula is C19H14N2O5S. The molecule has 1 N–H and O–H groups in total. The first-order valence-corrected chi connectivity index (χ1v) is 9.81. The Hall–Kier alpha value is -3.26. The Morgan fingerprint density at radius 1 is 1.15 bits per heavy atom. The fourth-order valence-electron chi connectivity index (χ4n) is 3.34. The number of rotatable bonds is 3. The summed E-state index contributed by atoms with van der Waals surface area (Å²) in [5.74, 6) is -2.43. The molecule has 2 aliphatic heterocycles. The van der Waals surface area contributed by atoms with Crippen molar-refractivity contribution >= 4 is 33.4 Å². The van der Waals surface area contributed by atoms with Crippen molar-refractivity contribution in [3.63, 3.8) is 0 Å². The van der Waals surface area contributed by atoms with E-state index < -0.39 is 32.8 Å². The van der Waals surface area contributed by atoms with Crippen LogP contribution in [0.15, 0.2) is 66.0 Å². The number of aliphatic carboxylic acids is 1. The molecule has 0 saturated carbocycles. The van der Waals surface area contributed by atoms with Gasteiger partial charge in [-0.05, 0) is 23.8 Å². The summed E-state index contributed by atoms with van der Waals surface area (Å²) in [7, 11) is -3.80. The van der Waals surface area contributed by atoms with E-state index in [1.54, 1.807) is 48.5 Å². The van der Waals surface area contributed by atoms with E-state index >= 15 is 0 Å². The van der Waals surface area contributed by atoms with Gasteiger partial charge in [-0.15, -0.1) is 0 Å². The molecule has 0 bridgehead atoms. The summed E-state index contributed by atoms with van der Waals surface area (Å²) >= 11 is 0. The summed E-state index contributed by atoms with van der Waals surface area (Å²) in [6.07, 6.45) is 2.92. The number of carboxylic acid groups (broad SMARTS) is 1. The minimum atomic E-state index is -3.80. The molecule has 0 aliphatic carbocycles. The molecule has 0 unspecified atom stereocenters. The van der Waals surface area contributed by atoms with Crippen molar-refractivity contribution in [2.24, 2.45) is 0 Å². The first kappa shape index (κ1) is 17.2. The average Bonchev–Trinajstić information content (AvgIpc) is 2.66. The molecule has 1 atom stereocenters. The monoisotopic (exact) mass is 382 g/mol. The SMILES string of the molecule is O=C(O)C1=C(c2ccccc2)CS(=O)(=O)[C@@H]2/C(=C/c3ccccn3)C(=O)N12. The highest BCUT2D eigenvalue weighted by atomic mass is 32.2. The van der Waals surface area contributed by atoms with E-state index in [2.05, 4.69) is 4.98 Å². The number of fused-ring (bicyclic) bond motifs is 1. The number of carboxylic acids is 1. The zero-order valence-corrected chi connectivity index (χ0v) is 14.8. The van der Waals surface area contributed by atoms with Crippen LogP contribution in [0.3, 0.4) is 0 Å². The van der Waals surface area contributed by atoms with Crippen molar-refractivity contribution in [3.05, 3.63) is 77.3 Å². The predicted molar refractivity (Wildman–Crippen MR) is 97.6 cm³/mol. The van der Waals surface area contributed by atoms with Gasteiger partial charge in [0.25, 0.3) is 5.91 Å². The van der Waals surface area contributed by atoms with Crippen LogP contribution < -0.4 is 0 Å². The Morgan fingerprint density at radius 3 is 2.48 bits per heavy atom. The molecule has 4 rings (SSSR count). The van der Waals surface area contributed by atoms with Crippen LogP contribution in [0.2, 0.25) is 0 Å². The zero-order chi connectivity index (χ0) is 19.2. The molecule has 0 radical (unpaired) electrons. The Balaban J connectivity index is 1.86. The second kappa shape index (κ2) is 6.17. The highest BCUT2D eigenvalue weighted by molar-refractivity contribution is 7.92. The van der Waals surface area contributed by atoms with Gasteiger partial charge < -0.3 is 5.11 Å². The minimum absolute atomic E-state index is 0.0274. The van der Waals surface area contributed by atoms with Gasteiger partial charge in [0.2, 0.25) is 0 Å². The van der Waals surface area contributed by atoms with Gasteiger partial charge >= 0.3 is 5.97 Å². The summed E-state index contributed by atoms with van der Waals surface area (Å²) in [6.45, 7) is 0. The molecule has 1 amide bonds. The van der Waals surface area contributed by atoms with E-state index in [0.717, 1.165) is 4.90 Å². The molecule has 1 fully saturated rings. The number of aromatic nitrogens is 1. The number of carbonyl (C=O) groups excluding carboxylic acids is 1. The Morgan fingerprint density at radius 2 is 1.85 bits per heavy atom. The van der Waals surface area contributed by atoms with Crippen LogP contribution in [0.1, 0.15) is 11.3 Å². The van der Waals surface area contributed by atoms with Gasteiger partial charge in [-0.3, -0.25) is 14.7 Å². The molecule has 2 aliphatic rings. The summed E-state index contributed by atoms with van der Waals surface area (Å²) in [5.41, 5.74) is 0.755. The van der Waals surface area contributed by atoms with E-state index in [1.165, 1.54) is 12.3 Å². The van der Waals surface area contributed by atoms with Crippen molar-refractivity contribution in [3.8, 4) is 0 Å². The molecule has 27 heavy (non-hydrogen) atoms. The maximum absolute atomic E-state index is 12.9. The molecule has 3 heterocycles. The molecular weight excluding hydrogens is 368 g/mol. The third-order valence-electron chi connectivity index (χ3n) is 4.49. The summed E-state index contributed by atoms with van der Waals surface area (Å²) in [4.78, 5) is 29.4. The van der Waals surface area contributed by atoms with Crippen LogP contribution in [0.4, 0.5) is 0 Å². The van der Waals surface area contributed by atoms with E-state index in [1.807, 2.05) is 0 Å². The van der Waals surface area contributed by atoms with Crippen LogP contribution >= 0.6 is 0 Å². The van der Waals surface area contributed by atoms with E-state index in [-0.39, 0.29) is 16.8 Å². The van der Waals surface area contributed by atoms with E-state index in [9.17, 15) is 23.1 Å². The number of amides is 1. The number of benzene rings is 1. The Kier molecular flexibility index (Phi) is 3.92. The second-order valence-electron chi connectivity index (χ2n) is 6.19. The fraction of sp³-hybridized carbons (Fsp3) is 0.105. The third-order valence-corrected chi connectivity index (χ3v) is 6.33. The van der Waals surface area contributed by atoms with E-state index in [4.69, 9.17) is 0 Å². The minimum Gasteiger partial charge on any atom is -0.477 e. The first-order valence-electron chi connectivity index (χ1n) is 8.10. The van der Waals surface area contributed by atoms with Crippen LogP contribution in [0, 0.1) is 0 Å². The largest absolute Gasteiger partial charge is 0.477 e. The van der Waals surface area contributed by atoms with Gasteiger partial charge in [0, 0.05) is 11.8 Å². The van der Waals surface area contributed by atoms with Crippen molar-refractivity contribution in [1.82, 2.24) is 9.88 Å². The van der Waals surface area contributed by atoms with Gasteiger partial charge in [-0.2, -0.15) is 0 Å². The molecule has 2 aromatic rings. The molecule has 7 nitrogen and oxygen atoms in total. The number of hydrogen-bond donors (Lipinski definition) is 1. The van der Waals surface area contributed by atoms with Gasteiger partial charge in [-0.1, -0.05) is 36.4 Å². The van der Waals surface area contributed by atoms with Crippen LogP contribution in [-0.2, 0) is 19.4 Å². The molecule has 136 valence electrons. The van der Waals surface area contributed by atoms with Gasteiger partial charge in [-0.25, -0.2) is 13.2 Å². The van der Waals surface area contributed by atoms with Gasteiger partial charge in [0.15, 0.2) is 15.2 Å². The Bertz CT molecular complexity index is 1110. The zero-order valence-electron chi connectivity index (χ0n) is 13.9. The average molecular weight is 382 g/mol. The van der Waals surface area contributed by atoms with Crippen molar-refractivity contribution in [1.29, 1.82) is 0 Å². The number of β-lactam (4-membered cyclic amide) rings is 1. The number of carbonyl (C=O) groups is 2. The fourth-order valence-corrected chi connectivity index (χ4v) is 5.28. The number of pyridine rings is 1. The summed E-state index contributed by atoms with van der Waals surface area (Å²) in [6, 6.07) is 13.4. The summed E-state index contributed by atoms with van der Waals surface area (Å²) < 4.78 is 25.7. The second-order valence-corrected chi connectivity index (χ2v) is 8.25. The summed E-state index contributed by atoms with van der Waals surface area (Å²) in [5, 5.41) is 8.38. The smallest absolute Gasteiger partial charge is 0.353 e. The van der Waals surface area contributed by atoms with Crippen molar-refractivity contribution < 1.29 is 23.1 Å². The molecule has 1 aromatic heterocycles. The van der Waals surface area contributed by atoms with Gasteiger partial charge in [0.05, 0.1) is 17.0 Å². The quantitative estimate of drug-likeness (QED) is 0.638. The molecule has 1 aromatic carbocycles. The highest BCUT2D eigenvalue weighted by Gasteiger charge is 2.56. The molecule has 0 spiro atoms. The standard InChI is InChI=1S/C19H14N2O5S/c22-17-14(10-13-8-4-5-9-20-13)18-21(17)16(19(23)24)15(11-27(18,25)26)12-6-2-1-3-7-12/h1-10,18H,11H2,(H,23,24)/b14-10+/t18-/m1/s1. The maximum Gasteiger partial charge on any atom is 0.353 e. The number of hydrogen-bond acceptors (Lipinski definition) is 5. The van der Waals surface area contributed by atoms with Crippen molar-refractivity contribution in [2.45, 2.75) is 5.37 Å². The van der Waals surface area contributed by atoms with E-state index in [0.29, 0.717) is 11.3 Å². The first-order chi connectivity index (χ1) is 12.9. The lowest BCUT2D eigenvalue weighted by molar-refractivity contribution is -0.141. The number of sulfone groups is 1. The normalized spacial score (nSPS) is 22.4. The lowest BCUT2D eigenvalue weighted by Crippen LogP contribution is -2.62. The van der Waals surface area contributed by atoms with Crippen LogP contribution in [0.25, 0.3) is 11.6 Å². The van der Waals surface area contributed by atoms with Crippen molar-refractivity contribution in [2.75, 3.05) is 5.75 Å².